The van der Waals surface area contributed by atoms with Crippen molar-refractivity contribution in [2.45, 2.75) is 19.4 Å². The number of rotatable bonds is 3. The fraction of sp³-hybridized carbons (Fsp3) is 0.417. The average molecular weight is 240 g/mol. The lowest BCUT2D eigenvalue weighted by Gasteiger charge is -2.17. The predicted molar refractivity (Wildman–Crippen MR) is 60.8 cm³/mol. The standard InChI is InChI=1S/C12H14F2N2O/c1-2-15-8-5-12(17)16(7-8)9-3-4-10(13)11(14)6-9/h3-4,6,8,15H,2,5,7H2,1H3. The van der Waals surface area contributed by atoms with E-state index in [4.69, 9.17) is 0 Å². The molecule has 0 bridgehead atoms. The Balaban J connectivity index is 2.17. The molecule has 1 unspecified atom stereocenters. The molecular formula is C12H14F2N2O. The van der Waals surface area contributed by atoms with Gasteiger partial charge in [0.15, 0.2) is 11.6 Å². The van der Waals surface area contributed by atoms with Crippen LogP contribution in [-0.4, -0.2) is 25.0 Å². The van der Waals surface area contributed by atoms with Gasteiger partial charge in [0.05, 0.1) is 0 Å². The van der Waals surface area contributed by atoms with Gasteiger partial charge in [0, 0.05) is 30.8 Å². The van der Waals surface area contributed by atoms with E-state index >= 15 is 0 Å². The number of likely N-dealkylation sites (N-methyl/N-ethyl adjacent to an activating group) is 1. The third-order valence-electron chi connectivity index (χ3n) is 2.83. The Labute approximate surface area is 98.4 Å². The molecule has 0 spiro atoms. The van der Waals surface area contributed by atoms with Crippen LogP contribution in [0.4, 0.5) is 14.5 Å². The largest absolute Gasteiger partial charge is 0.312 e. The number of benzene rings is 1. The monoisotopic (exact) mass is 240 g/mol. The van der Waals surface area contributed by atoms with Gasteiger partial charge in [-0.15, -0.1) is 0 Å². The van der Waals surface area contributed by atoms with Crippen LogP contribution in [0.5, 0.6) is 0 Å². The minimum atomic E-state index is -0.929. The fourth-order valence-corrected chi connectivity index (χ4v) is 2.04. The second-order valence-electron chi connectivity index (χ2n) is 4.06. The fourth-order valence-electron chi connectivity index (χ4n) is 2.04. The van der Waals surface area contributed by atoms with Crippen molar-refractivity contribution in [1.82, 2.24) is 5.32 Å². The Morgan fingerprint density at radius 2 is 2.18 bits per heavy atom. The van der Waals surface area contributed by atoms with Gasteiger partial charge in [-0.05, 0) is 18.7 Å². The number of hydrogen-bond acceptors (Lipinski definition) is 2. The Bertz CT molecular complexity index is 437. The van der Waals surface area contributed by atoms with Crippen molar-refractivity contribution >= 4 is 11.6 Å². The number of carbonyl (C=O) groups is 1. The molecule has 1 heterocycles. The van der Waals surface area contributed by atoms with Gasteiger partial charge in [-0.1, -0.05) is 6.92 Å². The molecule has 1 amide bonds. The molecule has 1 atom stereocenters. The van der Waals surface area contributed by atoms with E-state index in [1.165, 1.54) is 11.0 Å². The van der Waals surface area contributed by atoms with Crippen LogP contribution in [0, 0.1) is 11.6 Å². The number of halogens is 2. The van der Waals surface area contributed by atoms with E-state index in [1.54, 1.807) is 0 Å². The highest BCUT2D eigenvalue weighted by Gasteiger charge is 2.30. The topological polar surface area (TPSA) is 32.3 Å². The summed E-state index contributed by atoms with van der Waals surface area (Å²) in [6.45, 7) is 3.24. The first kappa shape index (κ1) is 12.0. The summed E-state index contributed by atoms with van der Waals surface area (Å²) in [5, 5.41) is 3.17. The molecule has 1 aromatic carbocycles. The molecule has 92 valence electrons. The summed E-state index contributed by atoms with van der Waals surface area (Å²) in [4.78, 5) is 13.2. The quantitative estimate of drug-likeness (QED) is 0.871. The minimum Gasteiger partial charge on any atom is -0.312 e. The van der Waals surface area contributed by atoms with Crippen molar-refractivity contribution in [1.29, 1.82) is 0 Å². The van der Waals surface area contributed by atoms with E-state index in [2.05, 4.69) is 5.32 Å². The maximum Gasteiger partial charge on any atom is 0.228 e. The summed E-state index contributed by atoms with van der Waals surface area (Å²) < 4.78 is 25.9. The van der Waals surface area contributed by atoms with Crippen molar-refractivity contribution in [3.63, 3.8) is 0 Å². The van der Waals surface area contributed by atoms with Crippen LogP contribution < -0.4 is 10.2 Å². The summed E-state index contributed by atoms with van der Waals surface area (Å²) in [5.41, 5.74) is 0.411. The van der Waals surface area contributed by atoms with E-state index in [0.29, 0.717) is 18.7 Å². The van der Waals surface area contributed by atoms with Crippen molar-refractivity contribution in [3.05, 3.63) is 29.8 Å². The second kappa shape index (κ2) is 4.79. The van der Waals surface area contributed by atoms with Gasteiger partial charge in [0.2, 0.25) is 5.91 Å². The predicted octanol–water partition coefficient (Wildman–Crippen LogP) is 1.68. The molecule has 0 saturated carbocycles. The first-order chi connectivity index (χ1) is 8.11. The molecule has 0 aromatic heterocycles. The van der Waals surface area contributed by atoms with Crippen molar-refractivity contribution in [3.8, 4) is 0 Å². The number of amides is 1. The number of nitrogens with one attached hydrogen (secondary N) is 1. The third kappa shape index (κ3) is 2.44. The summed E-state index contributed by atoms with van der Waals surface area (Å²) in [7, 11) is 0. The van der Waals surface area contributed by atoms with E-state index in [9.17, 15) is 13.6 Å². The highest BCUT2D eigenvalue weighted by atomic mass is 19.2. The molecule has 1 aliphatic heterocycles. The lowest BCUT2D eigenvalue weighted by molar-refractivity contribution is -0.117. The van der Waals surface area contributed by atoms with Gasteiger partial charge < -0.3 is 10.2 Å². The highest BCUT2D eigenvalue weighted by molar-refractivity contribution is 5.96. The zero-order valence-electron chi connectivity index (χ0n) is 9.54. The summed E-state index contributed by atoms with van der Waals surface area (Å²) in [6, 6.07) is 3.60. The van der Waals surface area contributed by atoms with Gasteiger partial charge in [0.25, 0.3) is 0 Å². The number of carbonyl (C=O) groups excluding carboxylic acids is 1. The van der Waals surface area contributed by atoms with Crippen LogP contribution in [0.2, 0.25) is 0 Å². The zero-order chi connectivity index (χ0) is 12.4. The molecule has 1 N–H and O–H groups in total. The van der Waals surface area contributed by atoms with Gasteiger partial charge in [-0.25, -0.2) is 8.78 Å². The Hall–Kier alpha value is -1.49. The van der Waals surface area contributed by atoms with E-state index in [0.717, 1.165) is 18.7 Å². The molecular weight excluding hydrogens is 226 g/mol. The maximum atomic E-state index is 13.1. The van der Waals surface area contributed by atoms with Crippen LogP contribution in [0.25, 0.3) is 0 Å². The van der Waals surface area contributed by atoms with Crippen molar-refractivity contribution < 1.29 is 13.6 Å². The van der Waals surface area contributed by atoms with Gasteiger partial charge in [-0.3, -0.25) is 4.79 Å². The molecule has 1 aromatic rings. The van der Waals surface area contributed by atoms with E-state index in [-0.39, 0.29) is 11.9 Å². The molecule has 2 rings (SSSR count). The molecule has 0 radical (unpaired) electrons. The van der Waals surface area contributed by atoms with Crippen molar-refractivity contribution in [2.75, 3.05) is 18.0 Å². The zero-order valence-corrected chi connectivity index (χ0v) is 9.54. The molecule has 1 saturated heterocycles. The summed E-state index contributed by atoms with van der Waals surface area (Å²) in [6.07, 6.45) is 0.396. The molecule has 17 heavy (non-hydrogen) atoms. The SMILES string of the molecule is CCNC1CC(=O)N(c2ccc(F)c(F)c2)C1. The summed E-state index contributed by atoms with van der Waals surface area (Å²) >= 11 is 0. The average Bonchev–Trinajstić information content (AvgIpc) is 2.64. The van der Waals surface area contributed by atoms with Crippen molar-refractivity contribution in [2.24, 2.45) is 0 Å². The lowest BCUT2D eigenvalue weighted by atomic mass is 10.2. The first-order valence-corrected chi connectivity index (χ1v) is 5.60. The van der Waals surface area contributed by atoms with Gasteiger partial charge in [-0.2, -0.15) is 0 Å². The smallest absolute Gasteiger partial charge is 0.228 e. The Morgan fingerprint density at radius 1 is 1.41 bits per heavy atom. The third-order valence-corrected chi connectivity index (χ3v) is 2.83. The first-order valence-electron chi connectivity index (χ1n) is 5.60. The molecule has 3 nitrogen and oxygen atoms in total. The minimum absolute atomic E-state index is 0.0676. The number of nitrogens with zero attached hydrogens (tertiary/aromatic N) is 1. The second-order valence-corrected chi connectivity index (χ2v) is 4.06. The lowest BCUT2D eigenvalue weighted by Crippen LogP contribution is -2.32. The van der Waals surface area contributed by atoms with Crippen LogP contribution in [-0.2, 0) is 4.79 Å². The Morgan fingerprint density at radius 3 is 2.82 bits per heavy atom. The van der Waals surface area contributed by atoms with Crippen LogP contribution in [0.1, 0.15) is 13.3 Å². The van der Waals surface area contributed by atoms with Gasteiger partial charge >= 0.3 is 0 Å². The number of anilines is 1. The summed E-state index contributed by atoms with van der Waals surface area (Å²) in [5.74, 6) is -1.90. The normalized spacial score (nSPS) is 20.1. The molecule has 1 fully saturated rings. The van der Waals surface area contributed by atoms with Crippen LogP contribution in [0.15, 0.2) is 18.2 Å². The molecule has 0 aliphatic carbocycles. The van der Waals surface area contributed by atoms with Crippen LogP contribution in [0.3, 0.4) is 0 Å². The molecule has 1 aliphatic rings. The Kier molecular flexibility index (Phi) is 3.38. The van der Waals surface area contributed by atoms with E-state index < -0.39 is 11.6 Å². The van der Waals surface area contributed by atoms with Gasteiger partial charge in [0.1, 0.15) is 0 Å². The number of hydrogen-bond donors (Lipinski definition) is 1. The van der Waals surface area contributed by atoms with E-state index in [1.807, 2.05) is 6.92 Å². The van der Waals surface area contributed by atoms with Crippen LogP contribution >= 0.6 is 0 Å². The highest BCUT2D eigenvalue weighted by Crippen LogP contribution is 2.23. The maximum absolute atomic E-state index is 13.1. The molecule has 5 heteroatoms.